The van der Waals surface area contributed by atoms with Crippen LogP contribution in [0.2, 0.25) is 0 Å². The van der Waals surface area contributed by atoms with E-state index in [1.807, 2.05) is 10.9 Å². The van der Waals surface area contributed by atoms with Crippen LogP contribution in [0.4, 0.5) is 0 Å². The van der Waals surface area contributed by atoms with Gasteiger partial charge in [0.15, 0.2) is 5.75 Å². The van der Waals surface area contributed by atoms with E-state index in [0.29, 0.717) is 12.6 Å². The van der Waals surface area contributed by atoms with Crippen molar-refractivity contribution < 1.29 is 4.74 Å². The monoisotopic (exact) mass is 224 g/mol. The molecular weight excluding hydrogens is 204 g/mol. The summed E-state index contributed by atoms with van der Waals surface area (Å²) in [6, 6.07) is 0. The molecule has 0 unspecified atom stereocenters. The fourth-order valence-electron chi connectivity index (χ4n) is 1.96. The highest BCUT2D eigenvalue weighted by Gasteiger charge is 2.18. The average Bonchev–Trinajstić information content (AvgIpc) is 2.70. The van der Waals surface area contributed by atoms with Crippen molar-refractivity contribution in [2.45, 2.75) is 25.5 Å². The van der Waals surface area contributed by atoms with E-state index >= 15 is 0 Å². The van der Waals surface area contributed by atoms with Gasteiger partial charge >= 0.3 is 0 Å². The van der Waals surface area contributed by atoms with E-state index in [1.165, 1.54) is 0 Å². The Kier molecular flexibility index (Phi) is 3.79. The van der Waals surface area contributed by atoms with Crippen LogP contribution >= 0.6 is 0 Å². The molecule has 5 nitrogen and oxygen atoms in total. The zero-order valence-electron chi connectivity index (χ0n) is 9.80. The maximum Gasteiger partial charge on any atom is 0.157 e. The Morgan fingerprint density at radius 3 is 2.94 bits per heavy atom. The Bertz CT molecular complexity index is 318. The third-order valence-corrected chi connectivity index (χ3v) is 2.94. The summed E-state index contributed by atoms with van der Waals surface area (Å²) in [4.78, 5) is 2.33. The molecule has 1 aliphatic rings. The molecule has 2 N–H and O–H groups in total. The number of hydrogen-bond acceptors (Lipinski definition) is 4. The van der Waals surface area contributed by atoms with Crippen LogP contribution in [0.15, 0.2) is 12.4 Å². The normalized spacial score (nSPS) is 18.9. The van der Waals surface area contributed by atoms with E-state index < -0.39 is 0 Å². The number of ether oxygens (including phenoxy) is 1. The molecule has 0 amide bonds. The summed E-state index contributed by atoms with van der Waals surface area (Å²) >= 11 is 0. The van der Waals surface area contributed by atoms with Crippen molar-refractivity contribution in [2.24, 2.45) is 5.73 Å². The Morgan fingerprint density at radius 1 is 1.50 bits per heavy atom. The van der Waals surface area contributed by atoms with Crippen molar-refractivity contribution in [1.29, 1.82) is 0 Å². The summed E-state index contributed by atoms with van der Waals surface area (Å²) in [6.07, 6.45) is 6.22. The number of nitrogens with zero attached hydrogens (tertiary/aromatic N) is 3. The number of piperidine rings is 1. The zero-order valence-corrected chi connectivity index (χ0v) is 9.80. The second kappa shape index (κ2) is 5.32. The fourth-order valence-corrected chi connectivity index (χ4v) is 1.96. The van der Waals surface area contributed by atoms with Crippen molar-refractivity contribution in [1.82, 2.24) is 14.7 Å². The van der Waals surface area contributed by atoms with Gasteiger partial charge in [-0.05, 0) is 19.9 Å². The maximum atomic E-state index is 5.88. The van der Waals surface area contributed by atoms with Gasteiger partial charge in [-0.1, -0.05) is 0 Å². The molecule has 1 fully saturated rings. The third-order valence-electron chi connectivity index (χ3n) is 2.94. The lowest BCUT2D eigenvalue weighted by atomic mass is 10.1. The van der Waals surface area contributed by atoms with Crippen LogP contribution in [-0.4, -0.2) is 47.5 Å². The molecule has 2 heterocycles. The molecule has 0 saturated carbocycles. The summed E-state index contributed by atoms with van der Waals surface area (Å²) in [5.74, 6) is 0.864. The minimum atomic E-state index is 0.340. The number of aromatic nitrogens is 2. The Balaban J connectivity index is 1.83. The van der Waals surface area contributed by atoms with Gasteiger partial charge in [-0.15, -0.1) is 0 Å². The molecule has 0 spiro atoms. The van der Waals surface area contributed by atoms with Gasteiger partial charge in [-0.2, -0.15) is 5.10 Å². The number of rotatable bonds is 4. The zero-order chi connectivity index (χ0) is 11.4. The van der Waals surface area contributed by atoms with Crippen LogP contribution in [0.1, 0.15) is 12.8 Å². The van der Waals surface area contributed by atoms with Gasteiger partial charge < -0.3 is 15.4 Å². The molecule has 1 aliphatic heterocycles. The van der Waals surface area contributed by atoms with Crippen molar-refractivity contribution in [3.63, 3.8) is 0 Å². The van der Waals surface area contributed by atoms with E-state index in [4.69, 9.17) is 10.5 Å². The topological polar surface area (TPSA) is 56.3 Å². The minimum absolute atomic E-state index is 0.340. The minimum Gasteiger partial charge on any atom is -0.487 e. The van der Waals surface area contributed by atoms with Crippen LogP contribution in [0.3, 0.4) is 0 Å². The second-order valence-electron chi connectivity index (χ2n) is 4.35. The van der Waals surface area contributed by atoms with Crippen LogP contribution in [0, 0.1) is 0 Å². The fraction of sp³-hybridized carbons (Fsp3) is 0.727. The van der Waals surface area contributed by atoms with Crippen LogP contribution in [0.25, 0.3) is 0 Å². The highest BCUT2D eigenvalue weighted by Crippen LogP contribution is 2.17. The van der Waals surface area contributed by atoms with Gasteiger partial charge in [0.25, 0.3) is 0 Å². The highest BCUT2D eigenvalue weighted by atomic mass is 16.5. The number of hydrogen-bond donors (Lipinski definition) is 1. The quantitative estimate of drug-likeness (QED) is 0.800. The van der Waals surface area contributed by atoms with Crippen LogP contribution in [-0.2, 0) is 6.54 Å². The Morgan fingerprint density at radius 2 is 2.25 bits per heavy atom. The molecule has 1 aromatic heterocycles. The molecule has 16 heavy (non-hydrogen) atoms. The van der Waals surface area contributed by atoms with Gasteiger partial charge in [0, 0.05) is 19.6 Å². The van der Waals surface area contributed by atoms with Gasteiger partial charge in [0.2, 0.25) is 0 Å². The molecule has 0 aromatic carbocycles. The summed E-state index contributed by atoms with van der Waals surface area (Å²) in [5, 5.41) is 4.19. The lowest BCUT2D eigenvalue weighted by molar-refractivity contribution is 0.114. The molecule has 1 aromatic rings. The third kappa shape index (κ3) is 2.96. The van der Waals surface area contributed by atoms with Gasteiger partial charge in [0.05, 0.1) is 18.9 Å². The number of likely N-dealkylation sites (tertiary alicyclic amines) is 1. The van der Waals surface area contributed by atoms with Crippen molar-refractivity contribution >= 4 is 0 Å². The lowest BCUT2D eigenvalue weighted by Gasteiger charge is -2.28. The van der Waals surface area contributed by atoms with Gasteiger partial charge in [-0.25, -0.2) is 0 Å². The summed E-state index contributed by atoms with van der Waals surface area (Å²) in [7, 11) is 2.15. The SMILES string of the molecule is CN1CCC(Oc2cnn(CCN)c2)CC1. The molecular formula is C11H20N4O. The van der Waals surface area contributed by atoms with Crippen molar-refractivity contribution in [3.05, 3.63) is 12.4 Å². The predicted molar refractivity (Wildman–Crippen MR) is 62.4 cm³/mol. The van der Waals surface area contributed by atoms with Crippen LogP contribution < -0.4 is 10.5 Å². The molecule has 5 heteroatoms. The molecule has 0 atom stereocenters. The molecule has 0 bridgehead atoms. The first kappa shape index (κ1) is 11.4. The summed E-state index contributed by atoms with van der Waals surface area (Å²) in [5.41, 5.74) is 5.46. The van der Waals surface area contributed by atoms with Crippen LogP contribution in [0.5, 0.6) is 5.75 Å². The second-order valence-corrected chi connectivity index (χ2v) is 4.35. The molecule has 0 aliphatic carbocycles. The first-order chi connectivity index (χ1) is 7.78. The standard InChI is InChI=1S/C11H20N4O/c1-14-5-2-10(3-6-14)16-11-8-13-15(9-11)7-4-12/h8-10H,2-7,12H2,1H3. The smallest absolute Gasteiger partial charge is 0.157 e. The Hall–Kier alpha value is -1.07. The first-order valence-corrected chi connectivity index (χ1v) is 5.85. The predicted octanol–water partition coefficient (Wildman–Crippen LogP) is 0.315. The molecule has 1 saturated heterocycles. The molecule has 0 radical (unpaired) electrons. The number of nitrogens with two attached hydrogens (primary N) is 1. The molecule has 2 rings (SSSR count). The lowest BCUT2D eigenvalue weighted by Crippen LogP contribution is -2.35. The van der Waals surface area contributed by atoms with Gasteiger partial charge in [0.1, 0.15) is 6.10 Å². The van der Waals surface area contributed by atoms with E-state index in [-0.39, 0.29) is 0 Å². The average molecular weight is 224 g/mol. The highest BCUT2D eigenvalue weighted by molar-refractivity contribution is 5.12. The summed E-state index contributed by atoms with van der Waals surface area (Å²) < 4.78 is 7.70. The summed E-state index contributed by atoms with van der Waals surface area (Å²) in [6.45, 7) is 3.58. The van der Waals surface area contributed by atoms with E-state index in [2.05, 4.69) is 17.0 Å². The van der Waals surface area contributed by atoms with Crippen molar-refractivity contribution in [2.75, 3.05) is 26.7 Å². The van der Waals surface area contributed by atoms with Gasteiger partial charge in [-0.3, -0.25) is 4.68 Å². The first-order valence-electron chi connectivity index (χ1n) is 5.85. The van der Waals surface area contributed by atoms with E-state index in [1.54, 1.807) is 6.20 Å². The maximum absolute atomic E-state index is 5.88. The Labute approximate surface area is 96.2 Å². The molecule has 90 valence electrons. The van der Waals surface area contributed by atoms with E-state index in [9.17, 15) is 0 Å². The van der Waals surface area contributed by atoms with Crippen molar-refractivity contribution in [3.8, 4) is 5.75 Å². The largest absolute Gasteiger partial charge is 0.487 e. The van der Waals surface area contributed by atoms with E-state index in [0.717, 1.165) is 38.2 Å².